The number of ether oxygens (including phenoxy) is 2. The molecule has 2 unspecified atom stereocenters. The number of hydrogen-bond donors (Lipinski definition) is 1. The summed E-state index contributed by atoms with van der Waals surface area (Å²) in [6.45, 7) is 0.137. The molecule has 2 atom stereocenters. The van der Waals surface area contributed by atoms with E-state index in [1.807, 2.05) is 0 Å². The molecule has 2 rings (SSSR count). The van der Waals surface area contributed by atoms with Crippen LogP contribution in [0, 0.1) is 0 Å². The van der Waals surface area contributed by atoms with E-state index in [-0.39, 0.29) is 17.9 Å². The Hall–Kier alpha value is -2.72. The van der Waals surface area contributed by atoms with E-state index in [4.69, 9.17) is 0 Å². The van der Waals surface area contributed by atoms with Gasteiger partial charge in [0.25, 0.3) is 0 Å². The number of thioether (sulfide) groups is 1. The van der Waals surface area contributed by atoms with Gasteiger partial charge in [-0.15, -0.1) is 0 Å². The van der Waals surface area contributed by atoms with Crippen molar-refractivity contribution in [1.29, 1.82) is 0 Å². The number of nitrogens with zero attached hydrogens (tertiary/aromatic N) is 1. The van der Waals surface area contributed by atoms with E-state index in [1.165, 1.54) is 0 Å². The largest absolute Gasteiger partial charge is 0.466 e. The molecule has 1 aromatic rings. The van der Waals surface area contributed by atoms with Gasteiger partial charge in [-0.2, -0.15) is 0 Å². The monoisotopic (exact) mass is 383 g/mol. The fraction of sp³-hybridized carbons (Fsp3) is 0.312. The number of aliphatic hydroxyl groups is 1. The SMILES string of the molecule is COC(=O)C(O)N1CC(SC(=O)c2ccccc2)C1=O.COC(=O)C=O. The van der Waals surface area contributed by atoms with Crippen LogP contribution in [-0.4, -0.2) is 71.5 Å². The molecule has 1 heterocycles. The van der Waals surface area contributed by atoms with Crippen LogP contribution in [0.25, 0.3) is 0 Å². The van der Waals surface area contributed by atoms with Gasteiger partial charge >= 0.3 is 11.9 Å². The summed E-state index contributed by atoms with van der Waals surface area (Å²) in [6.07, 6.45) is -1.49. The molecule has 0 spiro atoms. The lowest BCUT2D eigenvalue weighted by Gasteiger charge is -2.39. The fourth-order valence-electron chi connectivity index (χ4n) is 1.78. The first kappa shape index (κ1) is 21.3. The van der Waals surface area contributed by atoms with Gasteiger partial charge in [-0.05, 0) is 0 Å². The number of amides is 1. The lowest BCUT2D eigenvalue weighted by Crippen LogP contribution is -2.61. The quantitative estimate of drug-likeness (QED) is 0.313. The number of esters is 2. The van der Waals surface area contributed by atoms with Gasteiger partial charge < -0.3 is 19.5 Å². The van der Waals surface area contributed by atoms with Crippen LogP contribution in [0.5, 0.6) is 0 Å². The summed E-state index contributed by atoms with van der Waals surface area (Å²) in [5.41, 5.74) is 0.511. The van der Waals surface area contributed by atoms with Crippen molar-refractivity contribution in [3.63, 3.8) is 0 Å². The van der Waals surface area contributed by atoms with Crippen molar-refractivity contribution >= 4 is 41.0 Å². The Morgan fingerprint density at radius 2 is 1.85 bits per heavy atom. The van der Waals surface area contributed by atoms with E-state index in [9.17, 15) is 29.1 Å². The molecule has 26 heavy (non-hydrogen) atoms. The van der Waals surface area contributed by atoms with Crippen LogP contribution in [0.4, 0.5) is 0 Å². The molecule has 1 fully saturated rings. The van der Waals surface area contributed by atoms with Crippen LogP contribution in [0.3, 0.4) is 0 Å². The van der Waals surface area contributed by atoms with Crippen LogP contribution >= 0.6 is 11.8 Å². The molecule has 140 valence electrons. The highest BCUT2D eigenvalue weighted by Gasteiger charge is 2.44. The molecule has 1 N–H and O–H groups in total. The van der Waals surface area contributed by atoms with Gasteiger partial charge in [0.15, 0.2) is 0 Å². The number of hydrogen-bond acceptors (Lipinski definition) is 9. The first-order valence-corrected chi connectivity index (χ1v) is 8.09. The van der Waals surface area contributed by atoms with E-state index in [0.717, 1.165) is 30.9 Å². The average molecular weight is 383 g/mol. The number of carbonyl (C=O) groups excluding carboxylic acids is 5. The third-order valence-corrected chi connectivity index (χ3v) is 4.27. The molecule has 0 aliphatic carbocycles. The molecule has 1 saturated heterocycles. The number of methoxy groups -OCH3 is 2. The van der Waals surface area contributed by atoms with Gasteiger partial charge in [0, 0.05) is 12.1 Å². The Morgan fingerprint density at radius 1 is 1.23 bits per heavy atom. The summed E-state index contributed by atoms with van der Waals surface area (Å²) < 4.78 is 8.24. The smallest absolute Gasteiger partial charge is 0.371 e. The van der Waals surface area contributed by atoms with Crippen LogP contribution in [-0.2, 0) is 28.7 Å². The van der Waals surface area contributed by atoms with Gasteiger partial charge in [-0.3, -0.25) is 14.4 Å². The molecule has 0 aromatic heterocycles. The Kier molecular flexibility index (Phi) is 8.46. The number of aldehydes is 1. The second-order valence-corrected chi connectivity index (χ2v) is 5.96. The van der Waals surface area contributed by atoms with Crippen LogP contribution < -0.4 is 0 Å². The van der Waals surface area contributed by atoms with E-state index >= 15 is 0 Å². The van der Waals surface area contributed by atoms with E-state index < -0.39 is 29.3 Å². The van der Waals surface area contributed by atoms with Crippen LogP contribution in [0.15, 0.2) is 30.3 Å². The molecule has 10 heteroatoms. The Labute approximate surface area is 153 Å². The van der Waals surface area contributed by atoms with Crippen molar-refractivity contribution < 1.29 is 38.6 Å². The highest BCUT2D eigenvalue weighted by atomic mass is 32.2. The highest BCUT2D eigenvalue weighted by molar-refractivity contribution is 8.15. The molecule has 0 radical (unpaired) electrons. The van der Waals surface area contributed by atoms with Crippen molar-refractivity contribution in [3.8, 4) is 0 Å². The highest BCUT2D eigenvalue weighted by Crippen LogP contribution is 2.28. The molecule has 1 aliphatic heterocycles. The maximum absolute atomic E-state index is 11.9. The molecule has 1 amide bonds. The van der Waals surface area contributed by atoms with E-state index in [1.54, 1.807) is 30.3 Å². The fourth-order valence-corrected chi connectivity index (χ4v) is 2.78. The van der Waals surface area contributed by atoms with Gasteiger partial charge in [0.1, 0.15) is 5.25 Å². The lowest BCUT2D eigenvalue weighted by molar-refractivity contribution is -0.174. The maximum Gasteiger partial charge on any atom is 0.371 e. The van der Waals surface area contributed by atoms with Crippen molar-refractivity contribution in [1.82, 2.24) is 4.90 Å². The van der Waals surface area contributed by atoms with Crippen molar-refractivity contribution in [2.75, 3.05) is 20.8 Å². The summed E-state index contributed by atoms with van der Waals surface area (Å²) in [5.74, 6) is -2.18. The number of aliphatic hydroxyl groups excluding tert-OH is 1. The molecular weight excluding hydrogens is 366 g/mol. The summed E-state index contributed by atoms with van der Waals surface area (Å²) in [5, 5.41) is 8.73. The lowest BCUT2D eigenvalue weighted by atomic mass is 10.2. The number of benzene rings is 1. The van der Waals surface area contributed by atoms with Gasteiger partial charge in [-0.25, -0.2) is 9.59 Å². The standard InChI is InChI=1S/C13H13NO5S.C3H4O3/c1-19-12(17)11(16)14-7-9(10(14)15)20-13(18)8-5-3-2-4-6-8;1-6-3(5)2-4/h2-6,9,11,16H,7H2,1H3;2H,1H3. The zero-order valence-electron chi connectivity index (χ0n) is 14.0. The minimum Gasteiger partial charge on any atom is -0.466 e. The molecule has 1 aromatic carbocycles. The van der Waals surface area contributed by atoms with E-state index in [0.29, 0.717) is 5.56 Å². The normalized spacial score (nSPS) is 16.3. The van der Waals surface area contributed by atoms with Gasteiger partial charge in [0.05, 0.1) is 14.2 Å². The Balaban J connectivity index is 0.000000487. The molecule has 0 saturated carbocycles. The Bertz CT molecular complexity index is 678. The van der Waals surface area contributed by atoms with Gasteiger partial charge in [0.2, 0.25) is 23.5 Å². The zero-order valence-corrected chi connectivity index (χ0v) is 14.8. The number of carbonyl (C=O) groups is 5. The molecule has 1 aliphatic rings. The molecular formula is C16H17NO8S. The summed E-state index contributed by atoms with van der Waals surface area (Å²) in [7, 11) is 2.28. The van der Waals surface area contributed by atoms with Crippen molar-refractivity contribution in [2.45, 2.75) is 11.5 Å². The third-order valence-electron chi connectivity index (χ3n) is 3.18. The molecule has 0 bridgehead atoms. The number of rotatable bonds is 5. The summed E-state index contributed by atoms with van der Waals surface area (Å²) in [6, 6.07) is 8.61. The summed E-state index contributed by atoms with van der Waals surface area (Å²) in [4.78, 5) is 54.6. The van der Waals surface area contributed by atoms with Crippen LogP contribution in [0.1, 0.15) is 10.4 Å². The molecule has 9 nitrogen and oxygen atoms in total. The minimum atomic E-state index is -1.60. The Morgan fingerprint density at radius 3 is 2.27 bits per heavy atom. The van der Waals surface area contributed by atoms with E-state index in [2.05, 4.69) is 9.47 Å². The van der Waals surface area contributed by atoms with Crippen LogP contribution in [0.2, 0.25) is 0 Å². The first-order chi connectivity index (χ1) is 12.3. The second kappa shape index (κ2) is 10.3. The third kappa shape index (κ3) is 5.67. The van der Waals surface area contributed by atoms with Gasteiger partial charge in [-0.1, -0.05) is 42.1 Å². The average Bonchev–Trinajstić information content (AvgIpc) is 2.69. The zero-order chi connectivity index (χ0) is 19.7. The topological polar surface area (TPSA) is 127 Å². The predicted molar refractivity (Wildman–Crippen MR) is 90.0 cm³/mol. The number of β-lactam (4-membered cyclic amide) rings is 1. The van der Waals surface area contributed by atoms with Crippen molar-refractivity contribution in [2.24, 2.45) is 0 Å². The maximum atomic E-state index is 11.9. The number of likely N-dealkylation sites (tertiary alicyclic amines) is 1. The summed E-state index contributed by atoms with van der Waals surface area (Å²) >= 11 is 0.895. The predicted octanol–water partition coefficient (Wildman–Crippen LogP) is -0.380. The minimum absolute atomic E-state index is 0.111. The van der Waals surface area contributed by atoms with Crippen molar-refractivity contribution in [3.05, 3.63) is 35.9 Å². The second-order valence-electron chi connectivity index (χ2n) is 4.79. The first-order valence-electron chi connectivity index (χ1n) is 7.21.